The van der Waals surface area contributed by atoms with E-state index in [0.717, 1.165) is 5.75 Å². The quantitative estimate of drug-likeness (QED) is 0.448. The SMILES string of the molecule is [O]C1OCCS1. The topological polar surface area (TPSA) is 29.1 Å². The summed E-state index contributed by atoms with van der Waals surface area (Å²) in [7, 11) is 0. The standard InChI is InChI=1S/C3H5O2S/c4-3-5-1-2-6-3/h3H,1-2H2. The van der Waals surface area contributed by atoms with E-state index >= 15 is 0 Å². The van der Waals surface area contributed by atoms with Gasteiger partial charge in [-0.1, -0.05) is 11.8 Å². The maximum atomic E-state index is 10.1. The molecular formula is C3H5O2S. The Kier molecular flexibility index (Phi) is 1.34. The molecule has 6 heavy (non-hydrogen) atoms. The highest BCUT2D eigenvalue weighted by molar-refractivity contribution is 7.99. The summed E-state index contributed by atoms with van der Waals surface area (Å²) in [6, 6.07) is 0. The van der Waals surface area contributed by atoms with Crippen LogP contribution in [0.4, 0.5) is 0 Å². The van der Waals surface area contributed by atoms with Gasteiger partial charge in [-0.25, -0.2) is 0 Å². The van der Waals surface area contributed by atoms with Crippen molar-refractivity contribution in [2.75, 3.05) is 12.4 Å². The van der Waals surface area contributed by atoms with E-state index in [9.17, 15) is 5.11 Å². The van der Waals surface area contributed by atoms with Crippen molar-refractivity contribution in [3.8, 4) is 0 Å². The van der Waals surface area contributed by atoms with E-state index in [4.69, 9.17) is 0 Å². The molecule has 0 N–H and O–H groups in total. The van der Waals surface area contributed by atoms with E-state index in [1.54, 1.807) is 0 Å². The second kappa shape index (κ2) is 1.82. The van der Waals surface area contributed by atoms with E-state index in [1.807, 2.05) is 0 Å². The van der Waals surface area contributed by atoms with E-state index in [1.165, 1.54) is 11.8 Å². The molecule has 2 nitrogen and oxygen atoms in total. The van der Waals surface area contributed by atoms with Gasteiger partial charge >= 0.3 is 0 Å². The number of thioether (sulfide) groups is 1. The van der Waals surface area contributed by atoms with Gasteiger partial charge in [0.2, 0.25) is 5.62 Å². The normalized spacial score (nSPS) is 34.5. The Morgan fingerprint density at radius 3 is 2.83 bits per heavy atom. The highest BCUT2D eigenvalue weighted by Gasteiger charge is 2.11. The second-order valence-corrected chi connectivity index (χ2v) is 2.16. The molecule has 1 atom stereocenters. The molecule has 0 bridgehead atoms. The summed E-state index contributed by atoms with van der Waals surface area (Å²) >= 11 is 1.32. The van der Waals surface area contributed by atoms with E-state index in [2.05, 4.69) is 4.74 Å². The fourth-order valence-corrected chi connectivity index (χ4v) is 0.914. The zero-order valence-electron chi connectivity index (χ0n) is 3.22. The van der Waals surface area contributed by atoms with Gasteiger partial charge in [0, 0.05) is 5.75 Å². The fraction of sp³-hybridized carbons (Fsp3) is 1.00. The molecule has 35 valence electrons. The largest absolute Gasteiger partial charge is 0.341 e. The summed E-state index contributed by atoms with van der Waals surface area (Å²) in [6.45, 7) is 0.638. The molecule has 0 aromatic heterocycles. The Labute approximate surface area is 40.5 Å². The number of hydrogen-bond acceptors (Lipinski definition) is 2. The predicted octanol–water partition coefficient (Wildman–Crippen LogP) is 0.464. The van der Waals surface area contributed by atoms with Gasteiger partial charge in [-0.2, -0.15) is 5.11 Å². The van der Waals surface area contributed by atoms with Crippen molar-refractivity contribution < 1.29 is 9.84 Å². The van der Waals surface area contributed by atoms with Crippen molar-refractivity contribution in [2.45, 2.75) is 5.62 Å². The average molecular weight is 105 g/mol. The first-order chi connectivity index (χ1) is 2.89. The highest BCUT2D eigenvalue weighted by Crippen LogP contribution is 2.15. The van der Waals surface area contributed by atoms with Crippen LogP contribution in [-0.4, -0.2) is 18.0 Å². The summed E-state index contributed by atoms with van der Waals surface area (Å²) in [4.78, 5) is 0. The summed E-state index contributed by atoms with van der Waals surface area (Å²) in [5.74, 6) is 0.869. The van der Waals surface area contributed by atoms with Crippen molar-refractivity contribution in [3.05, 3.63) is 0 Å². The van der Waals surface area contributed by atoms with E-state index < -0.39 is 5.62 Å². The lowest BCUT2D eigenvalue weighted by Gasteiger charge is -1.88. The van der Waals surface area contributed by atoms with Gasteiger partial charge in [0.25, 0.3) is 0 Å². The van der Waals surface area contributed by atoms with Crippen molar-refractivity contribution in [1.82, 2.24) is 0 Å². The van der Waals surface area contributed by atoms with Crippen LogP contribution in [0.3, 0.4) is 0 Å². The number of ether oxygens (including phenoxy) is 1. The number of hydrogen-bond donors (Lipinski definition) is 0. The van der Waals surface area contributed by atoms with Gasteiger partial charge in [-0.05, 0) is 0 Å². The van der Waals surface area contributed by atoms with Crippen LogP contribution in [-0.2, 0) is 9.84 Å². The first-order valence-corrected chi connectivity index (χ1v) is 2.83. The summed E-state index contributed by atoms with van der Waals surface area (Å²) in [5, 5.41) is 10.1. The molecule has 0 aromatic rings. The first kappa shape index (κ1) is 4.43. The molecule has 0 amide bonds. The van der Waals surface area contributed by atoms with Crippen molar-refractivity contribution in [1.29, 1.82) is 0 Å². The zero-order chi connectivity index (χ0) is 4.41. The van der Waals surface area contributed by atoms with Crippen molar-refractivity contribution in [2.24, 2.45) is 0 Å². The Morgan fingerprint density at radius 1 is 1.83 bits per heavy atom. The third-order valence-corrected chi connectivity index (χ3v) is 1.40. The minimum absolute atomic E-state index is 0.638. The molecule has 1 saturated heterocycles. The maximum Gasteiger partial charge on any atom is 0.239 e. The van der Waals surface area contributed by atoms with Crippen LogP contribution in [0.5, 0.6) is 0 Å². The highest BCUT2D eigenvalue weighted by atomic mass is 32.2. The number of rotatable bonds is 0. The molecule has 1 rings (SSSR count). The first-order valence-electron chi connectivity index (χ1n) is 1.78. The molecule has 0 aliphatic carbocycles. The summed E-state index contributed by atoms with van der Waals surface area (Å²) in [5.41, 5.74) is -0.787. The second-order valence-electron chi connectivity index (χ2n) is 1.03. The smallest absolute Gasteiger partial charge is 0.239 e. The fourth-order valence-electron chi connectivity index (χ4n) is 0.337. The summed E-state index contributed by atoms with van der Waals surface area (Å²) in [6.07, 6.45) is 0. The third kappa shape index (κ3) is 0.864. The molecule has 1 heterocycles. The monoisotopic (exact) mass is 105 g/mol. The summed E-state index contributed by atoms with van der Waals surface area (Å²) < 4.78 is 4.56. The van der Waals surface area contributed by atoms with Gasteiger partial charge in [-0.3, -0.25) is 0 Å². The Balaban J connectivity index is 2.18. The van der Waals surface area contributed by atoms with Crippen LogP contribution < -0.4 is 0 Å². The molecule has 1 unspecified atom stereocenters. The molecule has 0 spiro atoms. The molecule has 0 saturated carbocycles. The van der Waals surface area contributed by atoms with Gasteiger partial charge in [0.05, 0.1) is 6.61 Å². The van der Waals surface area contributed by atoms with Crippen molar-refractivity contribution >= 4 is 11.8 Å². The minimum Gasteiger partial charge on any atom is -0.341 e. The Hall–Kier alpha value is 0.270. The van der Waals surface area contributed by atoms with Gasteiger partial charge in [0.1, 0.15) is 0 Å². The molecule has 3 heteroatoms. The molecular weight excluding hydrogens is 100 g/mol. The predicted molar refractivity (Wildman–Crippen MR) is 22.9 cm³/mol. The average Bonchev–Trinajstić information content (AvgIpc) is 1.86. The lowest BCUT2D eigenvalue weighted by Crippen LogP contribution is -1.93. The Bertz CT molecular complexity index is 42.1. The molecule has 1 fully saturated rings. The molecule has 0 aromatic carbocycles. The van der Waals surface area contributed by atoms with Gasteiger partial charge < -0.3 is 4.74 Å². The van der Waals surface area contributed by atoms with Crippen LogP contribution >= 0.6 is 11.8 Å². The molecule has 1 radical (unpaired) electrons. The molecule has 1 aliphatic rings. The van der Waals surface area contributed by atoms with Crippen LogP contribution in [0.15, 0.2) is 0 Å². The third-order valence-electron chi connectivity index (χ3n) is 0.591. The van der Waals surface area contributed by atoms with Crippen molar-refractivity contribution in [3.63, 3.8) is 0 Å². The lowest BCUT2D eigenvalue weighted by molar-refractivity contribution is -0.0577. The van der Waals surface area contributed by atoms with Crippen LogP contribution in [0, 0.1) is 0 Å². The zero-order valence-corrected chi connectivity index (χ0v) is 4.03. The maximum absolute atomic E-state index is 10.1. The molecule has 1 aliphatic heterocycles. The minimum atomic E-state index is -0.787. The van der Waals surface area contributed by atoms with E-state index in [0.29, 0.717) is 6.61 Å². The Morgan fingerprint density at radius 2 is 2.67 bits per heavy atom. The lowest BCUT2D eigenvalue weighted by atomic mass is 10.9. The van der Waals surface area contributed by atoms with Crippen LogP contribution in [0.25, 0.3) is 0 Å². The van der Waals surface area contributed by atoms with Gasteiger partial charge in [-0.15, -0.1) is 0 Å². The van der Waals surface area contributed by atoms with Crippen LogP contribution in [0.1, 0.15) is 0 Å². The van der Waals surface area contributed by atoms with E-state index in [-0.39, 0.29) is 0 Å². The van der Waals surface area contributed by atoms with Gasteiger partial charge in [0.15, 0.2) is 0 Å². The van der Waals surface area contributed by atoms with Crippen LogP contribution in [0.2, 0.25) is 0 Å².